The molecule has 1 aromatic heterocycles. The van der Waals surface area contributed by atoms with Crippen LogP contribution in [0.4, 0.5) is 0 Å². The highest BCUT2D eigenvalue weighted by molar-refractivity contribution is 6.42. The van der Waals surface area contributed by atoms with Gasteiger partial charge in [0.15, 0.2) is 6.04 Å². The second kappa shape index (κ2) is 5.51. The van der Waals surface area contributed by atoms with E-state index in [1.165, 1.54) is 12.1 Å². The summed E-state index contributed by atoms with van der Waals surface area (Å²) in [6, 6.07) is 10.3. The molecule has 3 aromatic rings. The van der Waals surface area contributed by atoms with E-state index in [9.17, 15) is 14.7 Å². The van der Waals surface area contributed by atoms with E-state index in [1.807, 2.05) is 0 Å². The number of rotatable bonds is 3. The van der Waals surface area contributed by atoms with Crippen molar-refractivity contribution in [1.82, 2.24) is 9.55 Å². The van der Waals surface area contributed by atoms with Crippen LogP contribution < -0.4 is 5.69 Å². The molecule has 0 fully saturated rings. The normalized spacial score (nSPS) is 12.5. The standard InChI is InChI=1S/C15H10Cl2N2O3/c16-9-6-11-12(7-10(9)17)19(15(22)18-11)13(14(20)21)8-4-2-1-3-5-8/h1-7,13H,(H,18,22)(H,20,21). The van der Waals surface area contributed by atoms with E-state index < -0.39 is 17.7 Å². The van der Waals surface area contributed by atoms with Gasteiger partial charge in [-0.1, -0.05) is 53.5 Å². The van der Waals surface area contributed by atoms with Gasteiger partial charge >= 0.3 is 11.7 Å². The van der Waals surface area contributed by atoms with Crippen LogP contribution in [0.2, 0.25) is 10.0 Å². The van der Waals surface area contributed by atoms with Crippen LogP contribution in [-0.4, -0.2) is 20.6 Å². The van der Waals surface area contributed by atoms with Crippen LogP contribution in [0.25, 0.3) is 11.0 Å². The zero-order chi connectivity index (χ0) is 15.9. The van der Waals surface area contributed by atoms with Gasteiger partial charge in [-0.15, -0.1) is 0 Å². The van der Waals surface area contributed by atoms with E-state index in [2.05, 4.69) is 4.98 Å². The first kappa shape index (κ1) is 14.7. The van der Waals surface area contributed by atoms with Gasteiger partial charge in [-0.25, -0.2) is 9.59 Å². The summed E-state index contributed by atoms with van der Waals surface area (Å²) in [4.78, 5) is 26.6. The van der Waals surface area contributed by atoms with Crippen molar-refractivity contribution < 1.29 is 9.90 Å². The van der Waals surface area contributed by atoms with Crippen molar-refractivity contribution >= 4 is 40.2 Å². The quantitative estimate of drug-likeness (QED) is 0.770. The van der Waals surface area contributed by atoms with E-state index in [0.29, 0.717) is 16.6 Å². The number of halogens is 2. The maximum absolute atomic E-state index is 12.2. The monoisotopic (exact) mass is 336 g/mol. The number of hydrogen-bond donors (Lipinski definition) is 2. The minimum Gasteiger partial charge on any atom is -0.479 e. The molecule has 2 N–H and O–H groups in total. The van der Waals surface area contributed by atoms with Crippen molar-refractivity contribution in [2.75, 3.05) is 0 Å². The Morgan fingerprint density at radius 2 is 1.77 bits per heavy atom. The van der Waals surface area contributed by atoms with E-state index in [-0.39, 0.29) is 10.0 Å². The maximum Gasteiger partial charge on any atom is 0.331 e. The lowest BCUT2D eigenvalue weighted by molar-refractivity contribution is -0.139. The fourth-order valence-electron chi connectivity index (χ4n) is 2.41. The number of aromatic nitrogens is 2. The molecule has 112 valence electrons. The highest BCUT2D eigenvalue weighted by Crippen LogP contribution is 2.29. The smallest absolute Gasteiger partial charge is 0.331 e. The fraction of sp³-hybridized carbons (Fsp3) is 0.0667. The van der Waals surface area contributed by atoms with E-state index in [0.717, 1.165) is 4.57 Å². The largest absolute Gasteiger partial charge is 0.479 e. The first-order chi connectivity index (χ1) is 10.5. The molecule has 0 aliphatic heterocycles. The molecule has 5 nitrogen and oxygen atoms in total. The molecule has 0 bridgehead atoms. The molecule has 0 radical (unpaired) electrons. The van der Waals surface area contributed by atoms with Crippen LogP contribution in [-0.2, 0) is 4.79 Å². The molecule has 0 aliphatic rings. The number of H-pyrrole nitrogens is 1. The Hall–Kier alpha value is -2.24. The molecule has 0 aliphatic carbocycles. The summed E-state index contributed by atoms with van der Waals surface area (Å²) in [6.45, 7) is 0. The summed E-state index contributed by atoms with van der Waals surface area (Å²) in [6.07, 6.45) is 0. The summed E-state index contributed by atoms with van der Waals surface area (Å²) >= 11 is 11.9. The van der Waals surface area contributed by atoms with Crippen molar-refractivity contribution in [3.63, 3.8) is 0 Å². The third kappa shape index (κ3) is 2.38. The van der Waals surface area contributed by atoms with Gasteiger partial charge in [-0.3, -0.25) is 4.57 Å². The van der Waals surface area contributed by atoms with Crippen molar-refractivity contribution in [3.8, 4) is 0 Å². The van der Waals surface area contributed by atoms with Crippen molar-refractivity contribution in [2.45, 2.75) is 6.04 Å². The van der Waals surface area contributed by atoms with Crippen LogP contribution in [0.1, 0.15) is 11.6 Å². The minimum absolute atomic E-state index is 0.249. The topological polar surface area (TPSA) is 75.1 Å². The Bertz CT molecular complexity index is 916. The zero-order valence-electron chi connectivity index (χ0n) is 11.1. The number of nitrogens with one attached hydrogen (secondary N) is 1. The molecule has 7 heteroatoms. The number of carboxylic acid groups (broad SMARTS) is 1. The predicted octanol–water partition coefficient (Wildman–Crippen LogP) is 3.31. The number of imidazole rings is 1. The molecular weight excluding hydrogens is 327 g/mol. The van der Waals surface area contributed by atoms with Gasteiger partial charge in [-0.05, 0) is 17.7 Å². The molecule has 0 spiro atoms. The molecule has 1 heterocycles. The number of aliphatic carboxylic acids is 1. The maximum atomic E-state index is 12.2. The second-order valence-electron chi connectivity index (χ2n) is 4.74. The van der Waals surface area contributed by atoms with Gasteiger partial charge < -0.3 is 10.1 Å². The number of aromatic amines is 1. The average molecular weight is 337 g/mol. The number of nitrogens with zero attached hydrogens (tertiary/aromatic N) is 1. The molecule has 0 saturated carbocycles. The Kier molecular flexibility index (Phi) is 3.68. The predicted molar refractivity (Wildman–Crippen MR) is 84.8 cm³/mol. The first-order valence-electron chi connectivity index (χ1n) is 6.36. The summed E-state index contributed by atoms with van der Waals surface area (Å²) in [5.41, 5.74) is 0.769. The highest BCUT2D eigenvalue weighted by Gasteiger charge is 2.26. The van der Waals surface area contributed by atoms with Crippen LogP contribution in [0.5, 0.6) is 0 Å². The zero-order valence-corrected chi connectivity index (χ0v) is 12.6. The van der Waals surface area contributed by atoms with Crippen molar-refractivity contribution in [3.05, 3.63) is 68.6 Å². The lowest BCUT2D eigenvalue weighted by Gasteiger charge is -2.14. The fourth-order valence-corrected chi connectivity index (χ4v) is 2.74. The van der Waals surface area contributed by atoms with E-state index in [4.69, 9.17) is 23.2 Å². The van der Waals surface area contributed by atoms with Crippen molar-refractivity contribution in [1.29, 1.82) is 0 Å². The third-order valence-electron chi connectivity index (χ3n) is 3.37. The average Bonchev–Trinajstić information content (AvgIpc) is 2.77. The highest BCUT2D eigenvalue weighted by atomic mass is 35.5. The molecule has 22 heavy (non-hydrogen) atoms. The van der Waals surface area contributed by atoms with Crippen LogP contribution >= 0.6 is 23.2 Å². The number of benzene rings is 2. The SMILES string of the molecule is O=C(O)C(c1ccccc1)n1c(=O)[nH]c2cc(Cl)c(Cl)cc21. The van der Waals surface area contributed by atoms with Gasteiger partial charge in [0, 0.05) is 0 Å². The molecule has 0 saturated heterocycles. The summed E-state index contributed by atoms with van der Waals surface area (Å²) in [5.74, 6) is -1.14. The first-order valence-corrected chi connectivity index (χ1v) is 7.11. The summed E-state index contributed by atoms with van der Waals surface area (Å²) < 4.78 is 1.16. The number of hydrogen-bond acceptors (Lipinski definition) is 2. The van der Waals surface area contributed by atoms with Gasteiger partial charge in [0.2, 0.25) is 0 Å². The van der Waals surface area contributed by atoms with Gasteiger partial charge in [-0.2, -0.15) is 0 Å². The van der Waals surface area contributed by atoms with Crippen LogP contribution in [0, 0.1) is 0 Å². The van der Waals surface area contributed by atoms with Crippen LogP contribution in [0.15, 0.2) is 47.3 Å². The number of fused-ring (bicyclic) bond motifs is 1. The number of carboxylic acids is 1. The Balaban J connectivity index is 2.31. The van der Waals surface area contributed by atoms with Crippen LogP contribution in [0.3, 0.4) is 0 Å². The number of carbonyl (C=O) groups is 1. The lowest BCUT2D eigenvalue weighted by Crippen LogP contribution is -2.28. The molecule has 2 aromatic carbocycles. The van der Waals surface area contributed by atoms with E-state index in [1.54, 1.807) is 30.3 Å². The second-order valence-corrected chi connectivity index (χ2v) is 5.55. The Labute approximate surface area is 134 Å². The van der Waals surface area contributed by atoms with Crippen molar-refractivity contribution in [2.24, 2.45) is 0 Å². The molecular formula is C15H10Cl2N2O3. The van der Waals surface area contributed by atoms with Gasteiger partial charge in [0.1, 0.15) is 0 Å². The molecule has 3 rings (SSSR count). The summed E-state index contributed by atoms with van der Waals surface area (Å²) in [5, 5.41) is 10.1. The molecule has 0 amide bonds. The third-order valence-corrected chi connectivity index (χ3v) is 4.09. The van der Waals surface area contributed by atoms with E-state index >= 15 is 0 Å². The Morgan fingerprint density at radius 3 is 2.41 bits per heavy atom. The van der Waals surface area contributed by atoms with Gasteiger partial charge in [0.05, 0.1) is 21.1 Å². The molecule has 1 atom stereocenters. The lowest BCUT2D eigenvalue weighted by atomic mass is 10.1. The minimum atomic E-state index is -1.15. The summed E-state index contributed by atoms with van der Waals surface area (Å²) in [7, 11) is 0. The Morgan fingerprint density at radius 1 is 1.14 bits per heavy atom. The van der Waals surface area contributed by atoms with Gasteiger partial charge in [0.25, 0.3) is 0 Å². The molecule has 1 unspecified atom stereocenters.